The van der Waals surface area contributed by atoms with Crippen molar-refractivity contribution in [1.82, 2.24) is 19.6 Å². The van der Waals surface area contributed by atoms with Gasteiger partial charge in [-0.3, -0.25) is 9.48 Å². The first-order valence-corrected chi connectivity index (χ1v) is 12.5. The van der Waals surface area contributed by atoms with Gasteiger partial charge in [-0.15, -0.1) is 0 Å². The summed E-state index contributed by atoms with van der Waals surface area (Å²) in [5.74, 6) is -0.514. The predicted octanol–water partition coefficient (Wildman–Crippen LogP) is 6.96. The minimum Gasteiger partial charge on any atom is -0.363 e. The number of carbonyl (C=O) groups excluding carboxylic acids is 1. The maximum atomic E-state index is 14.0. The Kier molecular flexibility index (Phi) is 6.87. The average molecular weight is 563 g/mol. The number of halogens is 5. The summed E-state index contributed by atoms with van der Waals surface area (Å²) < 4.78 is 44.5. The maximum absolute atomic E-state index is 14.0. The van der Waals surface area contributed by atoms with E-state index in [1.165, 1.54) is 6.07 Å². The molecule has 0 spiro atoms. The van der Waals surface area contributed by atoms with Crippen LogP contribution in [0.15, 0.2) is 54.6 Å². The van der Waals surface area contributed by atoms with Gasteiger partial charge in [0.15, 0.2) is 11.7 Å². The molecule has 12 heteroatoms. The molecular formula is C26H23Cl2F3N6O. The minimum atomic E-state index is -4.54. The number of anilines is 2. The summed E-state index contributed by atoms with van der Waals surface area (Å²) in [5, 5.41) is 15.4. The Hall–Kier alpha value is -3.50. The van der Waals surface area contributed by atoms with Crippen LogP contribution in [-0.4, -0.2) is 31.6 Å². The number of benzene rings is 2. The molecule has 0 saturated heterocycles. The molecule has 5 rings (SSSR count). The van der Waals surface area contributed by atoms with Crippen LogP contribution in [0.25, 0.3) is 0 Å². The molecule has 2 atom stereocenters. The molecule has 3 heterocycles. The zero-order chi connectivity index (χ0) is 27.2. The van der Waals surface area contributed by atoms with Crippen molar-refractivity contribution in [2.45, 2.75) is 45.1 Å². The number of hydrogen-bond donors (Lipinski definition) is 2. The quantitative estimate of drug-likeness (QED) is 0.275. The summed E-state index contributed by atoms with van der Waals surface area (Å²) in [5.41, 5.74) is 3.02. The molecule has 4 aromatic rings. The second kappa shape index (κ2) is 9.99. The number of nitrogens with zero attached hydrogens (tertiary/aromatic N) is 4. The van der Waals surface area contributed by atoms with Gasteiger partial charge in [0.05, 0.1) is 29.7 Å². The number of carbonyl (C=O) groups is 1. The van der Waals surface area contributed by atoms with Crippen LogP contribution in [0.1, 0.15) is 51.5 Å². The number of aromatic nitrogens is 4. The number of rotatable bonds is 5. The molecule has 1 aliphatic rings. The lowest BCUT2D eigenvalue weighted by Crippen LogP contribution is -2.35. The number of amides is 1. The Morgan fingerprint density at radius 2 is 1.84 bits per heavy atom. The van der Waals surface area contributed by atoms with E-state index in [0.29, 0.717) is 33.7 Å². The summed E-state index contributed by atoms with van der Waals surface area (Å²) in [4.78, 5) is 13.1. The molecule has 1 amide bonds. The molecule has 1 aliphatic heterocycles. The van der Waals surface area contributed by atoms with Gasteiger partial charge in [0.1, 0.15) is 5.82 Å². The van der Waals surface area contributed by atoms with E-state index in [-0.39, 0.29) is 17.9 Å². The molecule has 0 unspecified atom stereocenters. The van der Waals surface area contributed by atoms with Crippen LogP contribution in [-0.2, 0) is 6.54 Å². The van der Waals surface area contributed by atoms with Crippen molar-refractivity contribution in [3.63, 3.8) is 0 Å². The molecule has 7 nitrogen and oxygen atoms in total. The van der Waals surface area contributed by atoms with Gasteiger partial charge in [0, 0.05) is 22.5 Å². The van der Waals surface area contributed by atoms with E-state index in [2.05, 4.69) is 20.8 Å². The summed E-state index contributed by atoms with van der Waals surface area (Å²) in [6.45, 7) is 3.85. The molecule has 2 aromatic heterocycles. The molecule has 38 heavy (non-hydrogen) atoms. The van der Waals surface area contributed by atoms with Crippen LogP contribution >= 0.6 is 23.2 Å². The van der Waals surface area contributed by atoms with E-state index in [1.807, 2.05) is 0 Å². The van der Waals surface area contributed by atoms with Gasteiger partial charge in [0.25, 0.3) is 5.91 Å². The molecule has 2 N–H and O–H groups in total. The van der Waals surface area contributed by atoms with E-state index < -0.39 is 24.2 Å². The molecule has 2 aromatic carbocycles. The Balaban J connectivity index is 1.40. The number of fused-ring (bicyclic) bond motifs is 1. The summed E-state index contributed by atoms with van der Waals surface area (Å²) in [7, 11) is 0. The smallest absolute Gasteiger partial charge is 0.363 e. The van der Waals surface area contributed by atoms with Crippen LogP contribution in [0, 0.1) is 13.8 Å². The van der Waals surface area contributed by atoms with Crippen molar-refractivity contribution < 1.29 is 18.0 Å². The third-order valence-electron chi connectivity index (χ3n) is 6.58. The first-order chi connectivity index (χ1) is 18.0. The van der Waals surface area contributed by atoms with E-state index >= 15 is 0 Å². The largest absolute Gasteiger partial charge is 0.410 e. The normalized spacial score (nSPS) is 17.1. The summed E-state index contributed by atoms with van der Waals surface area (Å²) in [6.07, 6.45) is -4.79. The van der Waals surface area contributed by atoms with E-state index in [4.69, 9.17) is 23.2 Å². The zero-order valence-electron chi connectivity index (χ0n) is 20.4. The zero-order valence-corrected chi connectivity index (χ0v) is 21.9. The number of nitrogens with one attached hydrogen (secondary N) is 2. The topological polar surface area (TPSA) is 76.8 Å². The monoisotopic (exact) mass is 562 g/mol. The summed E-state index contributed by atoms with van der Waals surface area (Å²) in [6, 6.07) is 12.9. The van der Waals surface area contributed by atoms with Gasteiger partial charge < -0.3 is 10.6 Å². The lowest BCUT2D eigenvalue weighted by Gasteiger charge is -2.33. The first-order valence-electron chi connectivity index (χ1n) is 11.8. The van der Waals surface area contributed by atoms with Crippen LogP contribution in [0.5, 0.6) is 0 Å². The van der Waals surface area contributed by atoms with Crippen molar-refractivity contribution in [2.75, 3.05) is 10.6 Å². The van der Waals surface area contributed by atoms with Gasteiger partial charge in [-0.2, -0.15) is 23.4 Å². The second-order valence-corrected chi connectivity index (χ2v) is 10.00. The molecule has 0 radical (unpaired) electrons. The first kappa shape index (κ1) is 26.1. The standard InChI is InChI=1S/C26H23Cl2F3N6O/c1-14-24(15(2)36(34-14)13-17-8-9-18(27)10-19(17)28)33-25(38)21-12-23-32-20(16-6-4-3-5-7-16)11-22(26(29,30)31)37(23)35-21/h3-10,12,20,22,32H,11,13H2,1-2H3,(H,33,38)/t20-,22+/m1/s1. The van der Waals surface area contributed by atoms with Gasteiger partial charge in [0.2, 0.25) is 0 Å². The van der Waals surface area contributed by atoms with Crippen molar-refractivity contribution in [3.05, 3.63) is 92.9 Å². The minimum absolute atomic E-state index is 0.124. The third kappa shape index (κ3) is 5.10. The molecule has 0 saturated carbocycles. The van der Waals surface area contributed by atoms with Crippen molar-refractivity contribution in [3.8, 4) is 0 Å². The molecule has 0 bridgehead atoms. The van der Waals surface area contributed by atoms with E-state index in [1.54, 1.807) is 67.1 Å². The SMILES string of the molecule is Cc1nn(Cc2ccc(Cl)cc2Cl)c(C)c1NC(=O)c1cc2n(n1)[C@H](C(F)(F)F)C[C@H](c1ccccc1)N2. The highest BCUT2D eigenvalue weighted by Crippen LogP contribution is 2.43. The molecule has 198 valence electrons. The fourth-order valence-corrected chi connectivity index (χ4v) is 5.08. The van der Waals surface area contributed by atoms with Crippen molar-refractivity contribution in [2.24, 2.45) is 0 Å². The fourth-order valence-electron chi connectivity index (χ4n) is 4.61. The van der Waals surface area contributed by atoms with Crippen LogP contribution in [0.4, 0.5) is 24.7 Å². The van der Waals surface area contributed by atoms with Crippen molar-refractivity contribution in [1.29, 1.82) is 0 Å². The third-order valence-corrected chi connectivity index (χ3v) is 7.17. The van der Waals surface area contributed by atoms with Crippen molar-refractivity contribution >= 4 is 40.6 Å². The second-order valence-electron chi connectivity index (χ2n) is 9.15. The molecule has 0 aliphatic carbocycles. The predicted molar refractivity (Wildman–Crippen MR) is 140 cm³/mol. The maximum Gasteiger partial charge on any atom is 0.410 e. The van der Waals surface area contributed by atoms with Crippen LogP contribution in [0.3, 0.4) is 0 Å². The fraction of sp³-hybridized carbons (Fsp3) is 0.269. The Morgan fingerprint density at radius 3 is 2.53 bits per heavy atom. The number of hydrogen-bond acceptors (Lipinski definition) is 4. The molecular weight excluding hydrogens is 540 g/mol. The number of aryl methyl sites for hydroxylation is 1. The highest BCUT2D eigenvalue weighted by Gasteiger charge is 2.46. The van der Waals surface area contributed by atoms with E-state index in [0.717, 1.165) is 15.8 Å². The lowest BCUT2D eigenvalue weighted by molar-refractivity contribution is -0.173. The van der Waals surface area contributed by atoms with Crippen LogP contribution < -0.4 is 10.6 Å². The van der Waals surface area contributed by atoms with Gasteiger partial charge in [-0.25, -0.2) is 4.68 Å². The van der Waals surface area contributed by atoms with Gasteiger partial charge in [-0.1, -0.05) is 59.6 Å². The Morgan fingerprint density at radius 1 is 1.11 bits per heavy atom. The average Bonchev–Trinajstić information content (AvgIpc) is 3.41. The Bertz CT molecular complexity index is 1500. The Labute approximate surface area is 226 Å². The number of alkyl halides is 3. The van der Waals surface area contributed by atoms with Gasteiger partial charge >= 0.3 is 6.18 Å². The molecule has 0 fully saturated rings. The lowest BCUT2D eigenvalue weighted by atomic mass is 9.97. The highest BCUT2D eigenvalue weighted by atomic mass is 35.5. The highest BCUT2D eigenvalue weighted by molar-refractivity contribution is 6.35. The van der Waals surface area contributed by atoms with Crippen LogP contribution in [0.2, 0.25) is 10.0 Å². The van der Waals surface area contributed by atoms with Gasteiger partial charge in [-0.05, 0) is 37.1 Å². The van der Waals surface area contributed by atoms with E-state index in [9.17, 15) is 18.0 Å². The summed E-state index contributed by atoms with van der Waals surface area (Å²) >= 11 is 12.3.